The number of carbonyl (C=O) groups is 1. The average Bonchev–Trinajstić information content (AvgIpc) is 2.91. The molecule has 1 aliphatic heterocycles. The third kappa shape index (κ3) is 5.96. The summed E-state index contributed by atoms with van der Waals surface area (Å²) in [5.41, 5.74) is 0.801. The minimum atomic E-state index is -0.426. The van der Waals surface area contributed by atoms with Crippen LogP contribution >= 0.6 is 0 Å². The molecule has 1 amide bonds. The Balaban J connectivity index is 1.82. The number of nitrogens with one attached hydrogen (secondary N) is 1. The Morgan fingerprint density at radius 2 is 2.04 bits per heavy atom. The van der Waals surface area contributed by atoms with Crippen LogP contribution in [0.2, 0.25) is 0 Å². The molecule has 2 N–H and O–H groups in total. The first kappa shape index (κ1) is 18.0. The molecule has 128 valence electrons. The lowest BCUT2D eigenvalue weighted by Crippen LogP contribution is -2.42. The largest absolute Gasteiger partial charge is 0.388 e. The van der Waals surface area contributed by atoms with Gasteiger partial charge >= 0.3 is 0 Å². The van der Waals surface area contributed by atoms with Gasteiger partial charge in [-0.25, -0.2) is 0 Å². The van der Waals surface area contributed by atoms with Gasteiger partial charge in [-0.2, -0.15) is 0 Å². The fourth-order valence-corrected chi connectivity index (χ4v) is 3.25. The summed E-state index contributed by atoms with van der Waals surface area (Å²) in [6, 6.07) is 10.2. The molecule has 0 aromatic heterocycles. The molecule has 1 fully saturated rings. The molecule has 1 aromatic rings. The van der Waals surface area contributed by atoms with Crippen LogP contribution in [0.25, 0.3) is 0 Å². The van der Waals surface area contributed by atoms with E-state index in [9.17, 15) is 9.90 Å². The summed E-state index contributed by atoms with van der Waals surface area (Å²) < 4.78 is 0. The van der Waals surface area contributed by atoms with Crippen LogP contribution in [-0.4, -0.2) is 40.6 Å². The number of carbonyl (C=O) groups excluding carboxylic acids is 1. The fourth-order valence-electron chi connectivity index (χ4n) is 3.25. The van der Waals surface area contributed by atoms with Crippen LogP contribution in [0.4, 0.5) is 0 Å². The predicted octanol–water partition coefficient (Wildman–Crippen LogP) is 2.88. The lowest BCUT2D eigenvalue weighted by molar-refractivity contribution is -0.122. The maximum Gasteiger partial charge on any atom is 0.221 e. The normalized spacial score (nSPS) is 20.4. The van der Waals surface area contributed by atoms with Crippen molar-refractivity contribution in [3.05, 3.63) is 35.9 Å². The average molecular weight is 318 g/mol. The van der Waals surface area contributed by atoms with Gasteiger partial charge in [-0.15, -0.1) is 0 Å². The summed E-state index contributed by atoms with van der Waals surface area (Å²) in [5.74, 6) is 0.103. The highest BCUT2D eigenvalue weighted by molar-refractivity contribution is 5.76. The van der Waals surface area contributed by atoms with E-state index in [2.05, 4.69) is 10.2 Å². The molecule has 2 atom stereocenters. The molecular weight excluding hydrogens is 288 g/mol. The van der Waals surface area contributed by atoms with Crippen molar-refractivity contribution in [1.82, 2.24) is 10.2 Å². The van der Waals surface area contributed by atoms with Crippen molar-refractivity contribution < 1.29 is 9.90 Å². The van der Waals surface area contributed by atoms with E-state index in [0.717, 1.165) is 37.9 Å². The third-order valence-corrected chi connectivity index (χ3v) is 4.32. The molecular formula is C19H30N2O2. The number of amides is 1. The first-order valence-corrected chi connectivity index (χ1v) is 8.63. The number of likely N-dealkylation sites (tertiary alicyclic amines) is 1. The SMILES string of the molecule is CC(C)(C)NC(=O)CCN1CCC[C@@H]1C[C@H](O)c1ccccc1. The highest BCUT2D eigenvalue weighted by Gasteiger charge is 2.27. The maximum atomic E-state index is 12.0. The van der Waals surface area contributed by atoms with E-state index in [-0.39, 0.29) is 11.4 Å². The summed E-state index contributed by atoms with van der Waals surface area (Å²) in [6.07, 6.45) is 3.09. The molecule has 2 rings (SSSR count). The summed E-state index contributed by atoms with van der Waals surface area (Å²) in [5, 5.41) is 13.4. The number of hydrogen-bond donors (Lipinski definition) is 2. The van der Waals surface area contributed by atoms with E-state index >= 15 is 0 Å². The Morgan fingerprint density at radius 1 is 1.35 bits per heavy atom. The summed E-state index contributed by atoms with van der Waals surface area (Å²) in [4.78, 5) is 14.3. The number of rotatable bonds is 6. The molecule has 0 bridgehead atoms. The first-order chi connectivity index (χ1) is 10.8. The molecule has 4 nitrogen and oxygen atoms in total. The number of hydrogen-bond acceptors (Lipinski definition) is 3. The van der Waals surface area contributed by atoms with E-state index in [1.165, 1.54) is 0 Å². The highest BCUT2D eigenvalue weighted by atomic mass is 16.3. The lowest BCUT2D eigenvalue weighted by atomic mass is 10.0. The molecule has 1 aliphatic rings. The van der Waals surface area contributed by atoms with Gasteiger partial charge in [0.05, 0.1) is 6.10 Å². The second-order valence-corrected chi connectivity index (χ2v) is 7.54. The summed E-state index contributed by atoms with van der Waals surface area (Å²) in [7, 11) is 0. The zero-order valence-electron chi connectivity index (χ0n) is 14.6. The van der Waals surface area contributed by atoms with Crippen LogP contribution < -0.4 is 5.32 Å². The molecule has 0 saturated carbocycles. The Kier molecular flexibility index (Phi) is 6.19. The topological polar surface area (TPSA) is 52.6 Å². The van der Waals surface area contributed by atoms with Crippen molar-refractivity contribution in [2.45, 2.75) is 64.1 Å². The van der Waals surface area contributed by atoms with Crippen LogP contribution in [0.5, 0.6) is 0 Å². The van der Waals surface area contributed by atoms with Crippen molar-refractivity contribution in [2.24, 2.45) is 0 Å². The molecule has 4 heteroatoms. The van der Waals surface area contributed by atoms with Gasteiger partial charge in [-0.05, 0) is 52.1 Å². The fraction of sp³-hybridized carbons (Fsp3) is 0.632. The number of nitrogens with zero attached hydrogens (tertiary/aromatic N) is 1. The summed E-state index contributed by atoms with van der Waals surface area (Å²) >= 11 is 0. The van der Waals surface area contributed by atoms with E-state index in [1.807, 2.05) is 51.1 Å². The van der Waals surface area contributed by atoms with Gasteiger partial charge < -0.3 is 10.4 Å². The predicted molar refractivity (Wildman–Crippen MR) is 93.1 cm³/mol. The second kappa shape index (κ2) is 7.93. The Morgan fingerprint density at radius 3 is 2.70 bits per heavy atom. The van der Waals surface area contributed by atoms with E-state index in [4.69, 9.17) is 0 Å². The van der Waals surface area contributed by atoms with Gasteiger partial charge in [-0.1, -0.05) is 30.3 Å². The molecule has 0 aliphatic carbocycles. The second-order valence-electron chi connectivity index (χ2n) is 7.54. The third-order valence-electron chi connectivity index (χ3n) is 4.32. The molecule has 0 unspecified atom stereocenters. The molecule has 1 heterocycles. The van der Waals surface area contributed by atoms with Crippen LogP contribution in [0.15, 0.2) is 30.3 Å². The van der Waals surface area contributed by atoms with Gasteiger partial charge in [0.25, 0.3) is 0 Å². The van der Waals surface area contributed by atoms with Gasteiger partial charge in [-0.3, -0.25) is 9.69 Å². The van der Waals surface area contributed by atoms with Crippen LogP contribution in [0.3, 0.4) is 0 Å². The Bertz CT molecular complexity index is 496. The van der Waals surface area contributed by atoms with Gasteiger partial charge in [0.1, 0.15) is 0 Å². The number of benzene rings is 1. The minimum absolute atomic E-state index is 0.103. The van der Waals surface area contributed by atoms with Crippen molar-refractivity contribution in [3.8, 4) is 0 Å². The van der Waals surface area contributed by atoms with Gasteiger partial charge in [0, 0.05) is 24.5 Å². The van der Waals surface area contributed by atoms with Crippen LogP contribution in [0.1, 0.15) is 58.1 Å². The molecule has 0 radical (unpaired) electrons. The summed E-state index contributed by atoms with van der Waals surface area (Å²) in [6.45, 7) is 7.79. The van der Waals surface area contributed by atoms with E-state index in [0.29, 0.717) is 12.5 Å². The molecule has 23 heavy (non-hydrogen) atoms. The smallest absolute Gasteiger partial charge is 0.221 e. The van der Waals surface area contributed by atoms with Gasteiger partial charge in [0.15, 0.2) is 0 Å². The monoisotopic (exact) mass is 318 g/mol. The number of aliphatic hydroxyl groups excluding tert-OH is 1. The first-order valence-electron chi connectivity index (χ1n) is 8.63. The highest BCUT2D eigenvalue weighted by Crippen LogP contribution is 2.27. The van der Waals surface area contributed by atoms with Crippen LogP contribution in [0, 0.1) is 0 Å². The Hall–Kier alpha value is -1.39. The maximum absolute atomic E-state index is 12.0. The van der Waals surface area contributed by atoms with Crippen molar-refractivity contribution in [2.75, 3.05) is 13.1 Å². The number of aliphatic hydroxyl groups is 1. The van der Waals surface area contributed by atoms with E-state index in [1.54, 1.807) is 0 Å². The zero-order valence-corrected chi connectivity index (χ0v) is 14.6. The standard InChI is InChI=1S/C19H30N2O2/c1-19(2,3)20-18(23)11-13-21-12-7-10-16(21)14-17(22)15-8-5-4-6-9-15/h4-6,8-9,16-17,22H,7,10-14H2,1-3H3,(H,20,23)/t16-,17+/m1/s1. The Labute approximate surface area is 139 Å². The minimum Gasteiger partial charge on any atom is -0.388 e. The van der Waals surface area contributed by atoms with Crippen molar-refractivity contribution in [3.63, 3.8) is 0 Å². The van der Waals surface area contributed by atoms with Gasteiger partial charge in [0.2, 0.25) is 5.91 Å². The quantitative estimate of drug-likeness (QED) is 0.848. The molecule has 0 spiro atoms. The molecule has 1 saturated heterocycles. The van der Waals surface area contributed by atoms with Crippen molar-refractivity contribution in [1.29, 1.82) is 0 Å². The molecule has 1 aromatic carbocycles. The zero-order chi connectivity index (χ0) is 16.9. The van der Waals surface area contributed by atoms with E-state index < -0.39 is 6.10 Å². The van der Waals surface area contributed by atoms with Crippen LogP contribution in [-0.2, 0) is 4.79 Å². The lowest BCUT2D eigenvalue weighted by Gasteiger charge is -2.27. The van der Waals surface area contributed by atoms with Crippen molar-refractivity contribution >= 4 is 5.91 Å².